The third-order valence-electron chi connectivity index (χ3n) is 4.12. The van der Waals surface area contributed by atoms with Crippen molar-refractivity contribution >= 4 is 27.6 Å². The zero-order valence-corrected chi connectivity index (χ0v) is 17.2. The van der Waals surface area contributed by atoms with Gasteiger partial charge in [0, 0.05) is 12.7 Å². The van der Waals surface area contributed by atoms with Gasteiger partial charge in [-0.15, -0.1) is 0 Å². The van der Waals surface area contributed by atoms with E-state index in [0.29, 0.717) is 11.3 Å². The highest BCUT2D eigenvalue weighted by atomic mass is 32.2. The Balaban J connectivity index is 2.12. The Morgan fingerprint density at radius 1 is 1.07 bits per heavy atom. The third-order valence-corrected chi connectivity index (χ3v) is 5.94. The van der Waals surface area contributed by atoms with Gasteiger partial charge in [0.1, 0.15) is 0 Å². The lowest BCUT2D eigenvalue weighted by atomic mass is 10.1. The van der Waals surface area contributed by atoms with Crippen LogP contribution < -0.4 is 5.32 Å². The van der Waals surface area contributed by atoms with Crippen LogP contribution in [0.4, 0.5) is 5.69 Å². The standard InChI is InChI=1S/C20H24N2O5S/c1-5-27-20(24)16-9-8-15(3)18(12-16)21-19(23)13-22(4)28(25,26)17-10-6-14(2)7-11-17/h6-12H,5,13H2,1-4H3,(H,21,23). The molecule has 0 saturated heterocycles. The van der Waals surface area contributed by atoms with Crippen LogP contribution in [0, 0.1) is 13.8 Å². The molecular formula is C20H24N2O5S. The minimum absolute atomic E-state index is 0.119. The highest BCUT2D eigenvalue weighted by molar-refractivity contribution is 7.89. The number of rotatable bonds is 7. The predicted molar refractivity (Wildman–Crippen MR) is 107 cm³/mol. The number of amides is 1. The summed E-state index contributed by atoms with van der Waals surface area (Å²) >= 11 is 0. The summed E-state index contributed by atoms with van der Waals surface area (Å²) in [6.45, 7) is 5.23. The summed E-state index contributed by atoms with van der Waals surface area (Å²) in [4.78, 5) is 24.4. The van der Waals surface area contributed by atoms with E-state index in [-0.39, 0.29) is 18.0 Å². The number of benzene rings is 2. The molecule has 0 atom stereocenters. The van der Waals surface area contributed by atoms with Crippen LogP contribution in [0.5, 0.6) is 0 Å². The number of hydrogen-bond acceptors (Lipinski definition) is 5. The number of carbonyl (C=O) groups is 2. The Labute approximate surface area is 165 Å². The first-order valence-electron chi connectivity index (χ1n) is 8.75. The fraction of sp³-hybridized carbons (Fsp3) is 0.300. The normalized spacial score (nSPS) is 11.3. The lowest BCUT2D eigenvalue weighted by Crippen LogP contribution is -2.35. The van der Waals surface area contributed by atoms with Gasteiger partial charge in [-0.2, -0.15) is 4.31 Å². The Morgan fingerprint density at radius 3 is 2.32 bits per heavy atom. The molecule has 0 saturated carbocycles. The second kappa shape index (κ2) is 8.99. The van der Waals surface area contributed by atoms with Gasteiger partial charge in [-0.1, -0.05) is 23.8 Å². The molecule has 0 aliphatic rings. The van der Waals surface area contributed by atoms with Gasteiger partial charge in [0.25, 0.3) is 0 Å². The maximum absolute atomic E-state index is 12.6. The molecule has 8 heteroatoms. The number of esters is 1. The summed E-state index contributed by atoms with van der Waals surface area (Å²) in [6.07, 6.45) is 0. The molecule has 0 fully saturated rings. The van der Waals surface area contributed by atoms with Gasteiger partial charge in [-0.25, -0.2) is 13.2 Å². The highest BCUT2D eigenvalue weighted by Crippen LogP contribution is 2.19. The SMILES string of the molecule is CCOC(=O)c1ccc(C)c(NC(=O)CN(C)S(=O)(=O)c2ccc(C)cc2)c1. The van der Waals surface area contributed by atoms with Crippen molar-refractivity contribution in [2.45, 2.75) is 25.7 Å². The molecule has 1 N–H and O–H groups in total. The number of nitrogens with zero attached hydrogens (tertiary/aromatic N) is 1. The summed E-state index contributed by atoms with van der Waals surface area (Å²) in [7, 11) is -2.44. The zero-order chi connectivity index (χ0) is 20.9. The van der Waals surface area contributed by atoms with Crippen LogP contribution in [0.1, 0.15) is 28.4 Å². The monoisotopic (exact) mass is 404 g/mol. The van der Waals surface area contributed by atoms with E-state index in [0.717, 1.165) is 15.4 Å². The fourth-order valence-corrected chi connectivity index (χ4v) is 3.59. The summed E-state index contributed by atoms with van der Waals surface area (Å²) in [5.41, 5.74) is 2.42. The van der Waals surface area contributed by atoms with E-state index in [1.807, 2.05) is 6.92 Å². The lowest BCUT2D eigenvalue weighted by molar-refractivity contribution is -0.116. The van der Waals surface area contributed by atoms with Gasteiger partial charge in [0.2, 0.25) is 15.9 Å². The van der Waals surface area contributed by atoms with Crippen molar-refractivity contribution in [2.75, 3.05) is 25.5 Å². The average Bonchev–Trinajstić information content (AvgIpc) is 2.64. The first-order valence-corrected chi connectivity index (χ1v) is 10.2. The summed E-state index contributed by atoms with van der Waals surface area (Å²) in [5, 5.41) is 2.66. The first kappa shape index (κ1) is 21.6. The van der Waals surface area contributed by atoms with E-state index in [4.69, 9.17) is 4.74 Å². The van der Waals surface area contributed by atoms with E-state index in [2.05, 4.69) is 5.32 Å². The van der Waals surface area contributed by atoms with Crippen LogP contribution in [0.3, 0.4) is 0 Å². The van der Waals surface area contributed by atoms with Crippen LogP contribution in [-0.2, 0) is 19.6 Å². The predicted octanol–water partition coefficient (Wildman–Crippen LogP) is 2.74. The minimum atomic E-state index is -3.78. The first-order chi connectivity index (χ1) is 13.1. The molecule has 0 spiro atoms. The second-order valence-electron chi connectivity index (χ2n) is 6.37. The molecule has 0 radical (unpaired) electrons. The van der Waals surface area contributed by atoms with Crippen LogP contribution in [0.15, 0.2) is 47.4 Å². The topological polar surface area (TPSA) is 92.8 Å². The number of aryl methyl sites for hydroxylation is 2. The van der Waals surface area contributed by atoms with Crippen molar-refractivity contribution in [1.82, 2.24) is 4.31 Å². The molecular weight excluding hydrogens is 380 g/mol. The van der Waals surface area contributed by atoms with Crippen molar-refractivity contribution in [2.24, 2.45) is 0 Å². The van der Waals surface area contributed by atoms with Crippen molar-refractivity contribution < 1.29 is 22.7 Å². The molecule has 7 nitrogen and oxygen atoms in total. The summed E-state index contributed by atoms with van der Waals surface area (Å²) < 4.78 is 31.1. The lowest BCUT2D eigenvalue weighted by Gasteiger charge is -2.17. The molecule has 0 aromatic heterocycles. The molecule has 0 unspecified atom stereocenters. The number of sulfonamides is 1. The Bertz CT molecular complexity index is 969. The largest absolute Gasteiger partial charge is 0.462 e. The maximum Gasteiger partial charge on any atom is 0.338 e. The number of anilines is 1. The van der Waals surface area contributed by atoms with Gasteiger partial charge in [-0.05, 0) is 50.6 Å². The van der Waals surface area contributed by atoms with Gasteiger partial charge in [-0.3, -0.25) is 4.79 Å². The van der Waals surface area contributed by atoms with Crippen LogP contribution in [0.25, 0.3) is 0 Å². The molecule has 150 valence electrons. The van der Waals surface area contributed by atoms with E-state index in [9.17, 15) is 18.0 Å². The van der Waals surface area contributed by atoms with Crippen molar-refractivity contribution in [3.8, 4) is 0 Å². The molecule has 2 aromatic rings. The molecule has 0 aliphatic carbocycles. The second-order valence-corrected chi connectivity index (χ2v) is 8.42. The van der Waals surface area contributed by atoms with Gasteiger partial charge < -0.3 is 10.1 Å². The Hall–Kier alpha value is -2.71. The fourth-order valence-electron chi connectivity index (χ4n) is 2.47. The number of ether oxygens (including phenoxy) is 1. The Morgan fingerprint density at radius 2 is 1.71 bits per heavy atom. The Kier molecular flexibility index (Phi) is 6.93. The maximum atomic E-state index is 12.6. The summed E-state index contributed by atoms with van der Waals surface area (Å²) in [5.74, 6) is -1.00. The van der Waals surface area contributed by atoms with E-state index in [1.54, 1.807) is 38.1 Å². The number of carbonyl (C=O) groups excluding carboxylic acids is 2. The molecule has 1 amide bonds. The minimum Gasteiger partial charge on any atom is -0.462 e. The summed E-state index contributed by atoms with van der Waals surface area (Å²) in [6, 6.07) is 11.2. The molecule has 2 rings (SSSR count). The molecule has 28 heavy (non-hydrogen) atoms. The van der Waals surface area contributed by atoms with Crippen molar-refractivity contribution in [3.05, 3.63) is 59.2 Å². The van der Waals surface area contributed by atoms with Crippen molar-refractivity contribution in [3.63, 3.8) is 0 Å². The van der Waals surface area contributed by atoms with Crippen LogP contribution in [0.2, 0.25) is 0 Å². The third kappa shape index (κ3) is 5.17. The highest BCUT2D eigenvalue weighted by Gasteiger charge is 2.23. The smallest absolute Gasteiger partial charge is 0.338 e. The number of likely N-dealkylation sites (N-methyl/N-ethyl adjacent to an activating group) is 1. The van der Waals surface area contributed by atoms with Gasteiger partial charge in [0.05, 0.1) is 23.6 Å². The van der Waals surface area contributed by atoms with E-state index in [1.165, 1.54) is 25.2 Å². The molecule has 0 bridgehead atoms. The molecule has 0 aliphatic heterocycles. The van der Waals surface area contributed by atoms with Crippen LogP contribution >= 0.6 is 0 Å². The van der Waals surface area contributed by atoms with Gasteiger partial charge in [0.15, 0.2) is 0 Å². The average molecular weight is 404 g/mol. The van der Waals surface area contributed by atoms with Gasteiger partial charge >= 0.3 is 5.97 Å². The van der Waals surface area contributed by atoms with Crippen molar-refractivity contribution in [1.29, 1.82) is 0 Å². The van der Waals surface area contributed by atoms with E-state index < -0.39 is 21.9 Å². The number of hydrogen-bond donors (Lipinski definition) is 1. The molecule has 0 heterocycles. The molecule has 2 aromatic carbocycles. The zero-order valence-electron chi connectivity index (χ0n) is 16.4. The van der Waals surface area contributed by atoms with E-state index >= 15 is 0 Å². The quantitative estimate of drug-likeness (QED) is 0.717. The number of nitrogens with one attached hydrogen (secondary N) is 1. The van der Waals surface area contributed by atoms with Crippen LogP contribution in [-0.4, -0.2) is 44.8 Å².